The molecule has 0 radical (unpaired) electrons. The Morgan fingerprint density at radius 3 is 2.85 bits per heavy atom. The van der Waals surface area contributed by atoms with Gasteiger partial charge in [0.2, 0.25) is 0 Å². The lowest BCUT2D eigenvalue weighted by Gasteiger charge is -2.30. The SMILES string of the molecule is COC(=O)C1CCN(CCCNC(=O)c2n[nH]c3c2CNCC3)CC1.Cl. The van der Waals surface area contributed by atoms with E-state index in [0.717, 1.165) is 63.1 Å². The molecule has 3 rings (SSSR count). The highest BCUT2D eigenvalue weighted by Crippen LogP contribution is 2.18. The van der Waals surface area contributed by atoms with E-state index < -0.39 is 0 Å². The molecule has 2 aliphatic rings. The van der Waals surface area contributed by atoms with Crippen LogP contribution >= 0.6 is 12.4 Å². The van der Waals surface area contributed by atoms with Gasteiger partial charge >= 0.3 is 5.97 Å². The number of methoxy groups -OCH3 is 1. The summed E-state index contributed by atoms with van der Waals surface area (Å²) in [7, 11) is 1.45. The quantitative estimate of drug-likeness (QED) is 0.486. The number of esters is 1. The number of aromatic amines is 1. The van der Waals surface area contributed by atoms with Gasteiger partial charge < -0.3 is 20.3 Å². The third-order valence-electron chi connectivity index (χ3n) is 5.08. The molecule has 1 aromatic rings. The topological polar surface area (TPSA) is 99.3 Å². The van der Waals surface area contributed by atoms with Crippen molar-refractivity contribution in [1.82, 2.24) is 25.7 Å². The molecule has 0 spiro atoms. The second kappa shape index (κ2) is 9.89. The number of rotatable bonds is 6. The van der Waals surface area contributed by atoms with Gasteiger partial charge in [-0.1, -0.05) is 0 Å². The lowest BCUT2D eigenvalue weighted by molar-refractivity contribution is -0.147. The normalized spacial score (nSPS) is 17.9. The van der Waals surface area contributed by atoms with Crippen LogP contribution in [-0.4, -0.2) is 66.8 Å². The van der Waals surface area contributed by atoms with Crippen molar-refractivity contribution in [3.05, 3.63) is 17.0 Å². The summed E-state index contributed by atoms with van der Waals surface area (Å²) >= 11 is 0. The Morgan fingerprint density at radius 2 is 2.12 bits per heavy atom. The zero-order valence-corrected chi connectivity index (χ0v) is 16.0. The summed E-state index contributed by atoms with van der Waals surface area (Å²) in [4.78, 5) is 26.2. The van der Waals surface area contributed by atoms with E-state index in [2.05, 4.69) is 25.7 Å². The minimum atomic E-state index is -0.106. The molecule has 3 N–H and O–H groups in total. The first-order valence-electron chi connectivity index (χ1n) is 9.04. The van der Waals surface area contributed by atoms with Crippen LogP contribution in [0.1, 0.15) is 41.0 Å². The van der Waals surface area contributed by atoms with Crippen molar-refractivity contribution in [2.75, 3.05) is 39.8 Å². The molecule has 0 bridgehead atoms. The van der Waals surface area contributed by atoms with Gasteiger partial charge in [0.25, 0.3) is 5.91 Å². The molecule has 146 valence electrons. The number of halogens is 1. The van der Waals surface area contributed by atoms with E-state index in [1.807, 2.05) is 0 Å². The van der Waals surface area contributed by atoms with Crippen LogP contribution in [0.25, 0.3) is 0 Å². The smallest absolute Gasteiger partial charge is 0.308 e. The number of hydrogen-bond acceptors (Lipinski definition) is 6. The molecule has 9 heteroatoms. The first kappa shape index (κ1) is 20.7. The molecular formula is C17H28ClN5O3. The Bertz CT molecular complexity index is 614. The average Bonchev–Trinajstić information content (AvgIpc) is 3.09. The summed E-state index contributed by atoms with van der Waals surface area (Å²) in [5.74, 6) is -0.158. The monoisotopic (exact) mass is 385 g/mol. The Balaban J connectivity index is 0.00000243. The lowest BCUT2D eigenvalue weighted by Crippen LogP contribution is -2.38. The third-order valence-corrected chi connectivity index (χ3v) is 5.08. The first-order chi connectivity index (χ1) is 12.2. The molecule has 0 unspecified atom stereocenters. The summed E-state index contributed by atoms with van der Waals surface area (Å²) in [5, 5.41) is 13.4. The van der Waals surface area contributed by atoms with Gasteiger partial charge in [-0.3, -0.25) is 14.7 Å². The maximum atomic E-state index is 12.3. The van der Waals surface area contributed by atoms with E-state index in [4.69, 9.17) is 4.74 Å². The number of hydrogen-bond donors (Lipinski definition) is 3. The largest absolute Gasteiger partial charge is 0.469 e. The highest BCUT2D eigenvalue weighted by molar-refractivity contribution is 5.94. The zero-order valence-electron chi connectivity index (χ0n) is 15.2. The first-order valence-corrected chi connectivity index (χ1v) is 9.04. The predicted octanol–water partition coefficient (Wildman–Crippen LogP) is 0.482. The molecule has 0 aliphatic carbocycles. The molecule has 0 atom stereocenters. The standard InChI is InChI=1S/C17H27N5O3.ClH/c1-25-17(24)12-4-9-22(10-5-12)8-2-6-19-16(23)15-13-11-18-7-3-14(13)20-21-15;/h12,18H,2-11H2,1H3,(H,19,23)(H,20,21);1H. The fourth-order valence-corrected chi connectivity index (χ4v) is 3.56. The summed E-state index contributed by atoms with van der Waals surface area (Å²) in [6.07, 6.45) is 3.48. The van der Waals surface area contributed by atoms with Gasteiger partial charge in [0, 0.05) is 37.3 Å². The number of ether oxygens (including phenoxy) is 1. The van der Waals surface area contributed by atoms with E-state index >= 15 is 0 Å². The summed E-state index contributed by atoms with van der Waals surface area (Å²) in [5.41, 5.74) is 2.58. The van der Waals surface area contributed by atoms with Crippen LogP contribution in [0.2, 0.25) is 0 Å². The number of amides is 1. The van der Waals surface area contributed by atoms with Gasteiger partial charge in [-0.2, -0.15) is 5.10 Å². The van der Waals surface area contributed by atoms with Crippen molar-refractivity contribution in [2.45, 2.75) is 32.2 Å². The highest BCUT2D eigenvalue weighted by Gasteiger charge is 2.25. The van der Waals surface area contributed by atoms with E-state index in [1.54, 1.807) is 0 Å². The van der Waals surface area contributed by atoms with Gasteiger partial charge in [0.05, 0.1) is 13.0 Å². The molecule has 3 heterocycles. The zero-order chi connectivity index (χ0) is 17.6. The van der Waals surface area contributed by atoms with E-state index in [-0.39, 0.29) is 30.2 Å². The average molecular weight is 386 g/mol. The fourth-order valence-electron chi connectivity index (χ4n) is 3.56. The van der Waals surface area contributed by atoms with Gasteiger partial charge in [0.15, 0.2) is 5.69 Å². The van der Waals surface area contributed by atoms with E-state index in [9.17, 15) is 9.59 Å². The Morgan fingerprint density at radius 1 is 1.35 bits per heavy atom. The number of aromatic nitrogens is 2. The van der Waals surface area contributed by atoms with Crippen molar-refractivity contribution in [3.63, 3.8) is 0 Å². The maximum absolute atomic E-state index is 12.3. The molecule has 1 amide bonds. The van der Waals surface area contributed by atoms with Crippen molar-refractivity contribution in [1.29, 1.82) is 0 Å². The second-order valence-corrected chi connectivity index (χ2v) is 6.70. The minimum absolute atomic E-state index is 0. The number of fused-ring (bicyclic) bond motifs is 1. The molecular weight excluding hydrogens is 358 g/mol. The van der Waals surface area contributed by atoms with Gasteiger partial charge in [0.1, 0.15) is 0 Å². The Labute approximate surface area is 159 Å². The fraction of sp³-hybridized carbons (Fsp3) is 0.706. The molecule has 1 aromatic heterocycles. The van der Waals surface area contributed by atoms with Gasteiger partial charge in [-0.25, -0.2) is 0 Å². The number of carbonyl (C=O) groups excluding carboxylic acids is 2. The number of nitrogens with one attached hydrogen (secondary N) is 3. The van der Waals surface area contributed by atoms with E-state index in [0.29, 0.717) is 18.8 Å². The van der Waals surface area contributed by atoms with Crippen LogP contribution in [0.5, 0.6) is 0 Å². The molecule has 0 aromatic carbocycles. The number of piperidine rings is 1. The van der Waals surface area contributed by atoms with Gasteiger partial charge in [-0.05, 0) is 38.9 Å². The van der Waals surface area contributed by atoms with Gasteiger partial charge in [-0.15, -0.1) is 12.4 Å². The Kier molecular flexibility index (Phi) is 7.86. The number of nitrogens with zero attached hydrogens (tertiary/aromatic N) is 2. The summed E-state index contributed by atoms with van der Waals surface area (Å²) in [6.45, 7) is 4.99. The number of H-pyrrole nitrogens is 1. The maximum Gasteiger partial charge on any atom is 0.308 e. The van der Waals surface area contributed by atoms with Crippen molar-refractivity contribution in [3.8, 4) is 0 Å². The van der Waals surface area contributed by atoms with Crippen LogP contribution in [-0.2, 0) is 22.5 Å². The third kappa shape index (κ3) is 4.96. The van der Waals surface area contributed by atoms with Crippen LogP contribution in [0.3, 0.4) is 0 Å². The Hall–Kier alpha value is -1.64. The summed E-state index contributed by atoms with van der Waals surface area (Å²) in [6, 6.07) is 0. The van der Waals surface area contributed by atoms with Crippen LogP contribution < -0.4 is 10.6 Å². The molecule has 8 nitrogen and oxygen atoms in total. The molecule has 0 saturated carbocycles. The summed E-state index contributed by atoms with van der Waals surface area (Å²) < 4.78 is 4.81. The second-order valence-electron chi connectivity index (χ2n) is 6.70. The molecule has 1 fully saturated rings. The molecule has 2 aliphatic heterocycles. The van der Waals surface area contributed by atoms with Crippen molar-refractivity contribution >= 4 is 24.3 Å². The van der Waals surface area contributed by atoms with Crippen LogP contribution in [0.4, 0.5) is 0 Å². The van der Waals surface area contributed by atoms with Crippen molar-refractivity contribution < 1.29 is 14.3 Å². The van der Waals surface area contributed by atoms with Crippen molar-refractivity contribution in [2.24, 2.45) is 5.92 Å². The van der Waals surface area contributed by atoms with Crippen LogP contribution in [0, 0.1) is 5.92 Å². The lowest BCUT2D eigenvalue weighted by atomic mass is 9.97. The molecule has 26 heavy (non-hydrogen) atoms. The number of likely N-dealkylation sites (tertiary alicyclic amines) is 1. The highest BCUT2D eigenvalue weighted by atomic mass is 35.5. The van der Waals surface area contributed by atoms with Crippen LogP contribution in [0.15, 0.2) is 0 Å². The minimum Gasteiger partial charge on any atom is -0.469 e. The molecule has 1 saturated heterocycles. The predicted molar refractivity (Wildman–Crippen MR) is 99.4 cm³/mol. The number of carbonyl (C=O) groups is 2. The van der Waals surface area contributed by atoms with E-state index in [1.165, 1.54) is 7.11 Å².